The summed E-state index contributed by atoms with van der Waals surface area (Å²) in [5, 5.41) is 7.95. The van der Waals surface area contributed by atoms with Crippen LogP contribution in [0.2, 0.25) is 0 Å². The molecule has 1 aliphatic carbocycles. The van der Waals surface area contributed by atoms with Crippen LogP contribution >= 0.6 is 0 Å². The summed E-state index contributed by atoms with van der Waals surface area (Å²) in [4.78, 5) is 50.8. The van der Waals surface area contributed by atoms with Gasteiger partial charge in [0.15, 0.2) is 0 Å². The molecule has 0 fully saturated rings. The number of alkyl carbamates (subject to hydrolysis) is 2. The molecule has 0 radical (unpaired) electrons. The zero-order valence-corrected chi connectivity index (χ0v) is 28.4. The summed E-state index contributed by atoms with van der Waals surface area (Å²) in [5.74, 6) is -0.844. The minimum atomic E-state index is -1.28. The highest BCUT2D eigenvalue weighted by Gasteiger charge is 2.32. The van der Waals surface area contributed by atoms with Crippen LogP contribution in [0.3, 0.4) is 0 Å². The Kier molecular flexibility index (Phi) is 11.7. The summed E-state index contributed by atoms with van der Waals surface area (Å²) < 4.78 is 22.0. The smallest absolute Gasteiger partial charge is 0.407 e. The first-order chi connectivity index (χ1) is 22.7. The maximum Gasteiger partial charge on any atom is 0.407 e. The van der Waals surface area contributed by atoms with Gasteiger partial charge in [0.25, 0.3) is 0 Å². The Hall–Kier alpha value is -5.06. The normalized spacial score (nSPS) is 13.0. The Bertz CT molecular complexity index is 1550. The average molecular weight is 660 g/mol. The van der Waals surface area contributed by atoms with Gasteiger partial charge in [-0.25, -0.2) is 14.4 Å². The largest absolute Gasteiger partial charge is 0.494 e. The van der Waals surface area contributed by atoms with Gasteiger partial charge in [0, 0.05) is 18.2 Å². The molecule has 0 heterocycles. The predicted octanol–water partition coefficient (Wildman–Crippen LogP) is 6.56. The minimum absolute atomic E-state index is 0.0573. The second kappa shape index (κ2) is 15.7. The van der Waals surface area contributed by atoms with Crippen LogP contribution in [-0.4, -0.2) is 61.1 Å². The Morgan fingerprint density at radius 2 is 1.33 bits per heavy atom. The molecule has 3 amide bonds. The third-order valence-electron chi connectivity index (χ3n) is 7.11. The van der Waals surface area contributed by atoms with Crippen molar-refractivity contribution in [3.8, 4) is 16.9 Å². The van der Waals surface area contributed by atoms with Crippen molar-refractivity contribution < 1.29 is 38.1 Å². The fourth-order valence-corrected chi connectivity index (χ4v) is 5.15. The number of benzene rings is 3. The van der Waals surface area contributed by atoms with Gasteiger partial charge in [0.05, 0.1) is 13.0 Å². The van der Waals surface area contributed by atoms with Gasteiger partial charge in [-0.15, -0.1) is 0 Å². The summed E-state index contributed by atoms with van der Waals surface area (Å²) in [7, 11) is 0. The molecule has 48 heavy (non-hydrogen) atoms. The van der Waals surface area contributed by atoms with Crippen LogP contribution in [0.4, 0.5) is 15.3 Å². The van der Waals surface area contributed by atoms with Gasteiger partial charge in [-0.3, -0.25) is 4.79 Å². The number of hydrogen-bond acceptors (Lipinski definition) is 8. The molecule has 1 aliphatic rings. The summed E-state index contributed by atoms with van der Waals surface area (Å²) in [5.41, 5.74) is 3.38. The van der Waals surface area contributed by atoms with Crippen molar-refractivity contribution in [3.05, 3.63) is 83.9 Å². The molecule has 4 rings (SSSR count). The molecular weight excluding hydrogens is 614 g/mol. The highest BCUT2D eigenvalue weighted by molar-refractivity contribution is 5.95. The molecule has 11 nitrogen and oxygen atoms in total. The van der Waals surface area contributed by atoms with Crippen molar-refractivity contribution >= 4 is 29.8 Å². The van der Waals surface area contributed by atoms with E-state index in [9.17, 15) is 19.2 Å². The van der Waals surface area contributed by atoms with Crippen LogP contribution in [-0.2, 0) is 23.8 Å². The first-order valence-electron chi connectivity index (χ1n) is 16.0. The lowest BCUT2D eigenvalue weighted by atomic mass is 9.98. The number of fused-ring (bicyclic) bond motifs is 3. The number of ether oxygens (including phenoxy) is 4. The van der Waals surface area contributed by atoms with Gasteiger partial charge in [-0.2, -0.15) is 0 Å². The lowest BCUT2D eigenvalue weighted by Gasteiger charge is -2.24. The molecule has 11 heteroatoms. The molecule has 0 saturated carbocycles. The molecule has 3 N–H and O–H groups in total. The van der Waals surface area contributed by atoms with Crippen LogP contribution in [0.1, 0.15) is 71.4 Å². The topological polar surface area (TPSA) is 141 Å². The molecule has 3 aromatic rings. The quantitative estimate of drug-likeness (QED) is 0.113. The van der Waals surface area contributed by atoms with Gasteiger partial charge >= 0.3 is 18.2 Å². The fourth-order valence-electron chi connectivity index (χ4n) is 5.15. The average Bonchev–Trinajstić information content (AvgIpc) is 3.32. The lowest BCUT2D eigenvalue weighted by Crippen LogP contribution is -2.46. The van der Waals surface area contributed by atoms with Crippen LogP contribution in [0.5, 0.6) is 5.75 Å². The molecule has 3 aromatic carbocycles. The second-order valence-electron chi connectivity index (χ2n) is 13.5. The van der Waals surface area contributed by atoms with Gasteiger partial charge in [0.2, 0.25) is 5.91 Å². The highest BCUT2D eigenvalue weighted by Crippen LogP contribution is 2.44. The number of nitrogens with one attached hydrogen (secondary N) is 3. The van der Waals surface area contributed by atoms with E-state index in [4.69, 9.17) is 18.9 Å². The van der Waals surface area contributed by atoms with E-state index >= 15 is 0 Å². The van der Waals surface area contributed by atoms with Crippen molar-refractivity contribution in [1.29, 1.82) is 0 Å². The van der Waals surface area contributed by atoms with Gasteiger partial charge in [0.1, 0.15) is 29.6 Å². The zero-order valence-electron chi connectivity index (χ0n) is 28.4. The van der Waals surface area contributed by atoms with Crippen molar-refractivity contribution in [2.75, 3.05) is 25.1 Å². The van der Waals surface area contributed by atoms with Gasteiger partial charge in [-0.05, 0) is 94.5 Å². The number of carbonyl (C=O) groups is 4. The molecule has 0 saturated heterocycles. The van der Waals surface area contributed by atoms with E-state index in [2.05, 4.69) is 16.0 Å². The summed E-state index contributed by atoms with van der Waals surface area (Å²) >= 11 is 0. The van der Waals surface area contributed by atoms with Crippen LogP contribution in [0, 0.1) is 0 Å². The third-order valence-corrected chi connectivity index (χ3v) is 7.11. The minimum Gasteiger partial charge on any atom is -0.494 e. The lowest BCUT2D eigenvalue weighted by molar-refractivity contribution is -0.158. The van der Waals surface area contributed by atoms with Crippen molar-refractivity contribution in [3.63, 3.8) is 0 Å². The second-order valence-corrected chi connectivity index (χ2v) is 13.5. The van der Waals surface area contributed by atoms with E-state index in [-0.39, 0.29) is 18.9 Å². The maximum atomic E-state index is 13.0. The van der Waals surface area contributed by atoms with Crippen molar-refractivity contribution in [2.45, 2.75) is 77.5 Å². The Labute approximate surface area is 281 Å². The number of amides is 3. The van der Waals surface area contributed by atoms with E-state index in [1.807, 2.05) is 48.5 Å². The van der Waals surface area contributed by atoms with Crippen LogP contribution < -0.4 is 20.7 Å². The standard InChI is InChI=1S/C37H45N3O8/c1-36(2,3)47-33(42)31(40-35(44)46-23-30-28-14-9-7-12-26(28)27-13-8-10-15-29(27)30)22-32(41)39-24-16-18-25(19-17-24)45-21-11-20-38-34(43)48-37(4,5)6/h7-10,12-19,30-31H,11,20-23H2,1-6H3,(H,38,43)(H,39,41)(H,40,44)/t31-/m0/s1. The molecule has 256 valence electrons. The number of carbonyl (C=O) groups excluding carboxylic acids is 4. The Morgan fingerprint density at radius 1 is 0.750 bits per heavy atom. The molecule has 0 aliphatic heterocycles. The summed E-state index contributed by atoms with van der Waals surface area (Å²) in [6, 6.07) is 21.4. The predicted molar refractivity (Wildman–Crippen MR) is 182 cm³/mol. The first-order valence-corrected chi connectivity index (χ1v) is 16.0. The molecule has 0 aromatic heterocycles. The number of esters is 1. The van der Waals surface area contributed by atoms with E-state index in [1.54, 1.807) is 65.8 Å². The molecule has 0 unspecified atom stereocenters. The zero-order chi connectivity index (χ0) is 34.9. The van der Waals surface area contributed by atoms with Crippen LogP contribution in [0.15, 0.2) is 72.8 Å². The van der Waals surface area contributed by atoms with E-state index < -0.39 is 41.3 Å². The Balaban J connectivity index is 1.28. The van der Waals surface area contributed by atoms with Crippen LogP contribution in [0.25, 0.3) is 11.1 Å². The first kappa shape index (κ1) is 35.8. The van der Waals surface area contributed by atoms with Crippen molar-refractivity contribution in [1.82, 2.24) is 10.6 Å². The third kappa shape index (κ3) is 10.8. The van der Waals surface area contributed by atoms with E-state index in [0.29, 0.717) is 31.0 Å². The SMILES string of the molecule is CC(C)(C)OC(=O)NCCCOc1ccc(NC(=O)C[C@H](NC(=O)OCC2c3ccccc3-c3ccccc32)C(=O)OC(C)(C)C)cc1. The monoisotopic (exact) mass is 659 g/mol. The molecular formula is C37H45N3O8. The summed E-state index contributed by atoms with van der Waals surface area (Å²) in [6.45, 7) is 11.3. The van der Waals surface area contributed by atoms with Crippen molar-refractivity contribution in [2.24, 2.45) is 0 Å². The molecule has 0 bridgehead atoms. The summed E-state index contributed by atoms with van der Waals surface area (Å²) in [6.07, 6.45) is -1.11. The van der Waals surface area contributed by atoms with Gasteiger partial charge < -0.3 is 34.9 Å². The highest BCUT2D eigenvalue weighted by atomic mass is 16.6. The molecule has 1 atom stereocenters. The van der Waals surface area contributed by atoms with E-state index in [1.165, 1.54) is 0 Å². The number of anilines is 1. The molecule has 0 spiro atoms. The maximum absolute atomic E-state index is 13.0. The fraction of sp³-hybridized carbons (Fsp3) is 0.405. The number of hydrogen-bond donors (Lipinski definition) is 3. The van der Waals surface area contributed by atoms with Gasteiger partial charge in [-0.1, -0.05) is 48.5 Å². The Morgan fingerprint density at radius 3 is 1.92 bits per heavy atom. The number of rotatable bonds is 12. The van der Waals surface area contributed by atoms with E-state index in [0.717, 1.165) is 22.3 Å².